The normalized spacial score (nSPS) is 16.6. The molecule has 1 heterocycles. The highest BCUT2D eigenvalue weighted by molar-refractivity contribution is 7.93. The van der Waals surface area contributed by atoms with E-state index in [1.54, 1.807) is 0 Å². The zero-order chi connectivity index (χ0) is 22.3. The summed E-state index contributed by atoms with van der Waals surface area (Å²) in [5.41, 5.74) is 7.39. The number of carbonyl (C=O) groups excluding carboxylic acids is 2. The van der Waals surface area contributed by atoms with Crippen LogP contribution in [0.2, 0.25) is 0 Å². The Hall–Kier alpha value is -2.39. The second kappa shape index (κ2) is 8.03. The Morgan fingerprint density at radius 1 is 1.17 bits per heavy atom. The minimum absolute atomic E-state index is 0.0333. The number of primary amides is 1. The number of hydrogen-bond donors (Lipinski definition) is 3. The van der Waals surface area contributed by atoms with Crippen molar-refractivity contribution in [2.24, 2.45) is 17.1 Å². The molecule has 2 amide bonds. The quantitative estimate of drug-likeness (QED) is 0.644. The highest BCUT2D eigenvalue weighted by Crippen LogP contribution is 2.44. The van der Waals surface area contributed by atoms with Crippen molar-refractivity contribution in [2.75, 3.05) is 10.0 Å². The largest absolute Gasteiger partial charge is 0.365 e. The SMILES string of the molecule is CC(=O)Nc1ccc(S(=O)(=O)Nc2sc3c(c2C(N)=O)CC[C@@H](C(C)(C)C)C3)cc1. The molecule has 3 rings (SSSR count). The van der Waals surface area contributed by atoms with Gasteiger partial charge in [-0.3, -0.25) is 14.3 Å². The minimum atomic E-state index is -3.92. The summed E-state index contributed by atoms with van der Waals surface area (Å²) in [6, 6.07) is 5.83. The fourth-order valence-electron chi connectivity index (χ4n) is 3.76. The molecule has 0 aliphatic heterocycles. The van der Waals surface area contributed by atoms with Gasteiger partial charge in [0.15, 0.2) is 0 Å². The van der Waals surface area contributed by atoms with Gasteiger partial charge in [-0.15, -0.1) is 11.3 Å². The van der Waals surface area contributed by atoms with Crippen molar-refractivity contribution in [3.8, 4) is 0 Å². The molecule has 1 aliphatic rings. The number of hydrogen-bond acceptors (Lipinski definition) is 5. The summed E-state index contributed by atoms with van der Waals surface area (Å²) in [5, 5.41) is 2.86. The van der Waals surface area contributed by atoms with Crippen LogP contribution < -0.4 is 15.8 Å². The number of nitrogens with one attached hydrogen (secondary N) is 2. The monoisotopic (exact) mass is 449 g/mol. The molecule has 0 saturated carbocycles. The fourth-order valence-corrected chi connectivity index (χ4v) is 6.40. The Bertz CT molecular complexity index is 1080. The van der Waals surface area contributed by atoms with E-state index in [0.717, 1.165) is 23.3 Å². The lowest BCUT2D eigenvalue weighted by Gasteiger charge is -2.33. The zero-order valence-corrected chi connectivity index (χ0v) is 19.2. The number of thiophene rings is 1. The number of amides is 2. The molecule has 0 spiro atoms. The molecule has 0 fully saturated rings. The van der Waals surface area contributed by atoms with Gasteiger partial charge >= 0.3 is 0 Å². The molecule has 0 unspecified atom stereocenters. The predicted molar refractivity (Wildman–Crippen MR) is 119 cm³/mol. The molecule has 0 radical (unpaired) electrons. The van der Waals surface area contributed by atoms with Gasteiger partial charge in [0.05, 0.1) is 10.5 Å². The Labute approximate surface area is 181 Å². The van der Waals surface area contributed by atoms with E-state index in [0.29, 0.717) is 18.0 Å². The third-order valence-electron chi connectivity index (χ3n) is 5.45. The molecule has 9 heteroatoms. The molecule has 1 aromatic heterocycles. The van der Waals surface area contributed by atoms with Crippen molar-refractivity contribution in [1.82, 2.24) is 0 Å². The van der Waals surface area contributed by atoms with Crippen molar-refractivity contribution in [2.45, 2.75) is 51.9 Å². The summed E-state index contributed by atoms with van der Waals surface area (Å²) in [6.45, 7) is 7.96. The molecule has 30 heavy (non-hydrogen) atoms. The van der Waals surface area contributed by atoms with Crippen LogP contribution in [0, 0.1) is 11.3 Å². The highest BCUT2D eigenvalue weighted by Gasteiger charge is 2.34. The molecule has 0 saturated heterocycles. The van der Waals surface area contributed by atoms with Crippen molar-refractivity contribution < 1.29 is 18.0 Å². The average Bonchev–Trinajstić information content (AvgIpc) is 2.97. The van der Waals surface area contributed by atoms with E-state index >= 15 is 0 Å². The van der Waals surface area contributed by atoms with Gasteiger partial charge < -0.3 is 11.1 Å². The highest BCUT2D eigenvalue weighted by atomic mass is 32.2. The number of sulfonamides is 1. The molecular formula is C21H27N3O4S2. The second-order valence-electron chi connectivity index (χ2n) is 8.69. The summed E-state index contributed by atoms with van der Waals surface area (Å²) in [5.74, 6) is -0.414. The molecule has 2 aromatic rings. The average molecular weight is 450 g/mol. The molecule has 162 valence electrons. The molecular weight excluding hydrogens is 422 g/mol. The number of nitrogens with two attached hydrogens (primary N) is 1. The fraction of sp³-hybridized carbons (Fsp3) is 0.429. The van der Waals surface area contributed by atoms with Crippen LogP contribution in [0.25, 0.3) is 0 Å². The van der Waals surface area contributed by atoms with Gasteiger partial charge in [0.25, 0.3) is 15.9 Å². The van der Waals surface area contributed by atoms with Gasteiger partial charge in [-0.25, -0.2) is 8.42 Å². The number of carbonyl (C=O) groups is 2. The van der Waals surface area contributed by atoms with E-state index in [1.165, 1.54) is 42.5 Å². The Morgan fingerprint density at radius 3 is 2.33 bits per heavy atom. The van der Waals surface area contributed by atoms with E-state index in [-0.39, 0.29) is 26.8 Å². The number of benzene rings is 1. The second-order valence-corrected chi connectivity index (χ2v) is 11.5. The first-order chi connectivity index (χ1) is 13.9. The first-order valence-corrected chi connectivity index (χ1v) is 12.0. The summed E-state index contributed by atoms with van der Waals surface area (Å²) >= 11 is 1.30. The van der Waals surface area contributed by atoms with Crippen LogP contribution in [-0.4, -0.2) is 20.2 Å². The van der Waals surface area contributed by atoms with Crippen LogP contribution in [0.15, 0.2) is 29.2 Å². The van der Waals surface area contributed by atoms with E-state index in [1.807, 2.05) is 0 Å². The summed E-state index contributed by atoms with van der Waals surface area (Å²) in [7, 11) is -3.92. The first kappa shape index (κ1) is 22.3. The van der Waals surface area contributed by atoms with E-state index < -0.39 is 15.9 Å². The molecule has 1 atom stereocenters. The molecule has 1 aliphatic carbocycles. The van der Waals surface area contributed by atoms with Crippen LogP contribution >= 0.6 is 11.3 Å². The lowest BCUT2D eigenvalue weighted by atomic mass is 9.72. The first-order valence-electron chi connectivity index (χ1n) is 9.73. The van der Waals surface area contributed by atoms with Crippen molar-refractivity contribution in [1.29, 1.82) is 0 Å². The molecule has 4 N–H and O–H groups in total. The van der Waals surface area contributed by atoms with Crippen LogP contribution in [0.1, 0.15) is 54.9 Å². The number of anilines is 2. The van der Waals surface area contributed by atoms with Gasteiger partial charge in [-0.2, -0.15) is 0 Å². The Balaban J connectivity index is 1.91. The van der Waals surface area contributed by atoms with Crippen LogP contribution in [0.5, 0.6) is 0 Å². The smallest absolute Gasteiger partial charge is 0.262 e. The van der Waals surface area contributed by atoms with Crippen LogP contribution in [0.3, 0.4) is 0 Å². The van der Waals surface area contributed by atoms with E-state index in [4.69, 9.17) is 5.73 Å². The summed E-state index contributed by atoms with van der Waals surface area (Å²) < 4.78 is 28.4. The molecule has 0 bridgehead atoms. The molecule has 7 nitrogen and oxygen atoms in total. The number of rotatable bonds is 5. The topological polar surface area (TPSA) is 118 Å². The maximum atomic E-state index is 12.9. The van der Waals surface area contributed by atoms with E-state index in [2.05, 4.69) is 30.8 Å². The Kier molecular flexibility index (Phi) is 5.97. The van der Waals surface area contributed by atoms with Gasteiger partial charge in [-0.05, 0) is 60.4 Å². The maximum Gasteiger partial charge on any atom is 0.262 e. The van der Waals surface area contributed by atoms with Gasteiger partial charge in [0.2, 0.25) is 5.91 Å². The third-order valence-corrected chi connectivity index (χ3v) is 8.11. The number of fused-ring (bicyclic) bond motifs is 1. The standard InChI is InChI=1S/C21H27N3O4S2/c1-12(25)23-14-6-8-15(9-7-14)30(27,28)24-20-18(19(22)26)16-10-5-13(21(2,3)4)11-17(16)29-20/h6-9,13,24H,5,10-11H2,1-4H3,(H2,22,26)(H,23,25)/t13-/m1/s1. The van der Waals surface area contributed by atoms with E-state index in [9.17, 15) is 18.0 Å². The van der Waals surface area contributed by atoms with Crippen molar-refractivity contribution >= 4 is 43.9 Å². The summed E-state index contributed by atoms with van der Waals surface area (Å²) in [4.78, 5) is 24.3. The van der Waals surface area contributed by atoms with Crippen LogP contribution in [-0.2, 0) is 27.7 Å². The van der Waals surface area contributed by atoms with Gasteiger partial charge in [0, 0.05) is 17.5 Å². The predicted octanol–water partition coefficient (Wildman–Crippen LogP) is 3.76. The Morgan fingerprint density at radius 2 is 1.80 bits per heavy atom. The summed E-state index contributed by atoms with van der Waals surface area (Å²) in [6.07, 6.45) is 2.44. The van der Waals surface area contributed by atoms with Crippen molar-refractivity contribution in [3.05, 3.63) is 40.3 Å². The van der Waals surface area contributed by atoms with Crippen LogP contribution in [0.4, 0.5) is 10.7 Å². The zero-order valence-electron chi connectivity index (χ0n) is 17.5. The third kappa shape index (κ3) is 4.67. The molecule has 1 aromatic carbocycles. The van der Waals surface area contributed by atoms with Crippen molar-refractivity contribution in [3.63, 3.8) is 0 Å². The minimum Gasteiger partial charge on any atom is -0.365 e. The lowest BCUT2D eigenvalue weighted by Crippen LogP contribution is -2.27. The van der Waals surface area contributed by atoms with Gasteiger partial charge in [-0.1, -0.05) is 20.8 Å². The van der Waals surface area contributed by atoms with Gasteiger partial charge in [0.1, 0.15) is 5.00 Å². The maximum absolute atomic E-state index is 12.9. The lowest BCUT2D eigenvalue weighted by molar-refractivity contribution is -0.114.